The number of ether oxygens (including phenoxy) is 2. The molecule has 1 unspecified atom stereocenters. The number of hydrogen-bond acceptors (Lipinski definition) is 4. The quantitative estimate of drug-likeness (QED) is 0.659. The predicted molar refractivity (Wildman–Crippen MR) is 111 cm³/mol. The zero-order valence-electron chi connectivity index (χ0n) is 17.1. The van der Waals surface area contributed by atoms with Crippen molar-refractivity contribution in [3.8, 4) is 11.5 Å². The van der Waals surface area contributed by atoms with Crippen LogP contribution in [0.2, 0.25) is 0 Å². The van der Waals surface area contributed by atoms with Crippen LogP contribution in [0.25, 0.3) is 0 Å². The Hall–Kier alpha value is -3.06. The van der Waals surface area contributed by atoms with Crippen molar-refractivity contribution in [1.29, 1.82) is 0 Å². The fraction of sp³-hybridized carbons (Fsp3) is 0.364. The SMILES string of the molecule is CNC(=O)c1ccc(NC(=O)C[NH+]2CCC[C@H]2c2ccc(OC)cc2OC)cc1. The molecule has 1 saturated heterocycles. The summed E-state index contributed by atoms with van der Waals surface area (Å²) in [5.41, 5.74) is 2.34. The highest BCUT2D eigenvalue weighted by atomic mass is 16.5. The van der Waals surface area contributed by atoms with Gasteiger partial charge in [-0.2, -0.15) is 0 Å². The molecular formula is C22H28N3O4+. The molecule has 2 atom stereocenters. The third-order valence-corrected chi connectivity index (χ3v) is 5.35. The first-order valence-corrected chi connectivity index (χ1v) is 9.74. The molecule has 3 N–H and O–H groups in total. The molecule has 0 bridgehead atoms. The van der Waals surface area contributed by atoms with Crippen molar-refractivity contribution in [2.45, 2.75) is 18.9 Å². The van der Waals surface area contributed by atoms with E-state index in [-0.39, 0.29) is 17.9 Å². The van der Waals surface area contributed by atoms with E-state index in [9.17, 15) is 9.59 Å². The van der Waals surface area contributed by atoms with E-state index in [0.717, 1.165) is 36.4 Å². The predicted octanol–water partition coefficient (Wildman–Crippen LogP) is 1.42. The summed E-state index contributed by atoms with van der Waals surface area (Å²) >= 11 is 0. The molecule has 1 aliphatic rings. The van der Waals surface area contributed by atoms with E-state index < -0.39 is 0 Å². The van der Waals surface area contributed by atoms with Gasteiger partial charge in [0.2, 0.25) is 0 Å². The smallest absolute Gasteiger partial charge is 0.279 e. The van der Waals surface area contributed by atoms with Gasteiger partial charge in [-0.3, -0.25) is 9.59 Å². The summed E-state index contributed by atoms with van der Waals surface area (Å²) in [6, 6.07) is 12.9. The third kappa shape index (κ3) is 4.86. The molecule has 2 amide bonds. The molecule has 0 radical (unpaired) electrons. The highest BCUT2D eigenvalue weighted by Crippen LogP contribution is 2.31. The molecule has 7 nitrogen and oxygen atoms in total. The fourth-order valence-electron chi connectivity index (χ4n) is 3.87. The van der Waals surface area contributed by atoms with E-state index in [1.807, 2.05) is 18.2 Å². The van der Waals surface area contributed by atoms with Crippen LogP contribution < -0.4 is 25.0 Å². The van der Waals surface area contributed by atoms with Crippen LogP contribution in [0, 0.1) is 0 Å². The first kappa shape index (κ1) is 20.7. The summed E-state index contributed by atoms with van der Waals surface area (Å²) in [4.78, 5) is 25.4. The molecule has 0 aliphatic carbocycles. The van der Waals surface area contributed by atoms with Gasteiger partial charge in [-0.05, 0) is 36.4 Å². The minimum atomic E-state index is -0.152. The second-order valence-corrected chi connectivity index (χ2v) is 7.09. The Morgan fingerprint density at radius 1 is 1.10 bits per heavy atom. The summed E-state index contributed by atoms with van der Waals surface area (Å²) in [5, 5.41) is 5.51. The lowest BCUT2D eigenvalue weighted by Gasteiger charge is -2.23. The minimum Gasteiger partial charge on any atom is -0.497 e. The molecule has 1 aliphatic heterocycles. The van der Waals surface area contributed by atoms with Gasteiger partial charge in [-0.25, -0.2) is 0 Å². The van der Waals surface area contributed by atoms with Crippen molar-refractivity contribution >= 4 is 17.5 Å². The molecular weight excluding hydrogens is 370 g/mol. The molecule has 3 rings (SSSR count). The van der Waals surface area contributed by atoms with Crippen LogP contribution in [0.4, 0.5) is 5.69 Å². The lowest BCUT2D eigenvalue weighted by molar-refractivity contribution is -0.910. The molecule has 1 heterocycles. The summed E-state index contributed by atoms with van der Waals surface area (Å²) < 4.78 is 10.8. The number of methoxy groups -OCH3 is 2. The number of benzene rings is 2. The average molecular weight is 398 g/mol. The van der Waals surface area contributed by atoms with Crippen molar-refractivity contribution in [3.05, 3.63) is 53.6 Å². The van der Waals surface area contributed by atoms with E-state index in [4.69, 9.17) is 9.47 Å². The van der Waals surface area contributed by atoms with Gasteiger partial charge in [0.15, 0.2) is 6.54 Å². The van der Waals surface area contributed by atoms with Gasteiger partial charge < -0.3 is 25.0 Å². The molecule has 154 valence electrons. The van der Waals surface area contributed by atoms with E-state index in [0.29, 0.717) is 17.8 Å². The van der Waals surface area contributed by atoms with Crippen molar-refractivity contribution < 1.29 is 24.0 Å². The van der Waals surface area contributed by atoms with Crippen LogP contribution >= 0.6 is 0 Å². The second-order valence-electron chi connectivity index (χ2n) is 7.09. The standard InChI is InChI=1S/C22H27N3O4/c1-23-22(27)15-6-8-16(9-7-15)24-21(26)14-25-12-4-5-19(25)18-11-10-17(28-2)13-20(18)29-3/h6-11,13,19H,4-5,12,14H2,1-3H3,(H,23,27)(H,24,26)/p+1/t19-/m0/s1. The van der Waals surface area contributed by atoms with Crippen LogP contribution in [0.5, 0.6) is 11.5 Å². The van der Waals surface area contributed by atoms with Crippen LogP contribution in [0.15, 0.2) is 42.5 Å². The normalized spacial score (nSPS) is 18.2. The zero-order valence-corrected chi connectivity index (χ0v) is 17.1. The third-order valence-electron chi connectivity index (χ3n) is 5.35. The van der Waals surface area contributed by atoms with Gasteiger partial charge >= 0.3 is 0 Å². The number of quaternary nitrogens is 1. The first-order chi connectivity index (χ1) is 14.0. The van der Waals surface area contributed by atoms with E-state index in [1.165, 1.54) is 4.90 Å². The fourth-order valence-corrected chi connectivity index (χ4v) is 3.87. The maximum Gasteiger partial charge on any atom is 0.279 e. The first-order valence-electron chi connectivity index (χ1n) is 9.74. The summed E-state index contributed by atoms with van der Waals surface area (Å²) in [6.07, 6.45) is 2.06. The highest BCUT2D eigenvalue weighted by Gasteiger charge is 2.33. The minimum absolute atomic E-state index is 0.0490. The Bertz CT molecular complexity index is 867. The van der Waals surface area contributed by atoms with Crippen LogP contribution in [-0.4, -0.2) is 46.2 Å². The van der Waals surface area contributed by atoms with Gasteiger partial charge in [0.1, 0.15) is 17.5 Å². The molecule has 1 fully saturated rings. The average Bonchev–Trinajstić information content (AvgIpc) is 3.20. The van der Waals surface area contributed by atoms with E-state index >= 15 is 0 Å². The topological polar surface area (TPSA) is 81.1 Å². The summed E-state index contributed by atoms with van der Waals surface area (Å²) in [5.74, 6) is 1.34. The number of anilines is 1. The number of likely N-dealkylation sites (tertiary alicyclic amines) is 1. The van der Waals surface area contributed by atoms with Crippen molar-refractivity contribution in [1.82, 2.24) is 5.32 Å². The summed E-state index contributed by atoms with van der Waals surface area (Å²) in [6.45, 7) is 1.31. The maximum atomic E-state index is 12.6. The Kier molecular flexibility index (Phi) is 6.72. The Labute approximate surface area is 171 Å². The number of amides is 2. The van der Waals surface area contributed by atoms with Crippen molar-refractivity contribution in [3.63, 3.8) is 0 Å². The lowest BCUT2D eigenvalue weighted by atomic mass is 10.0. The molecule has 29 heavy (non-hydrogen) atoms. The van der Waals surface area contributed by atoms with Gasteiger partial charge in [0, 0.05) is 37.2 Å². The second kappa shape index (κ2) is 9.43. The number of rotatable bonds is 7. The molecule has 7 heteroatoms. The lowest BCUT2D eigenvalue weighted by Crippen LogP contribution is -3.11. The van der Waals surface area contributed by atoms with Crippen LogP contribution in [0.1, 0.15) is 34.8 Å². The van der Waals surface area contributed by atoms with Gasteiger partial charge in [-0.15, -0.1) is 0 Å². The number of carbonyl (C=O) groups is 2. The van der Waals surface area contributed by atoms with E-state index in [2.05, 4.69) is 10.6 Å². The highest BCUT2D eigenvalue weighted by molar-refractivity contribution is 5.95. The number of carbonyl (C=O) groups excluding carboxylic acids is 2. The number of nitrogens with one attached hydrogen (secondary N) is 3. The molecule has 0 aromatic heterocycles. The van der Waals surface area contributed by atoms with Crippen molar-refractivity contribution in [2.75, 3.05) is 39.7 Å². The largest absolute Gasteiger partial charge is 0.497 e. The van der Waals surface area contributed by atoms with Gasteiger partial charge in [0.05, 0.1) is 26.3 Å². The van der Waals surface area contributed by atoms with Gasteiger partial charge in [0.25, 0.3) is 11.8 Å². The van der Waals surface area contributed by atoms with Crippen LogP contribution in [0.3, 0.4) is 0 Å². The molecule has 0 spiro atoms. The van der Waals surface area contributed by atoms with E-state index in [1.54, 1.807) is 45.5 Å². The van der Waals surface area contributed by atoms with Crippen LogP contribution in [-0.2, 0) is 4.79 Å². The Morgan fingerprint density at radius 2 is 1.86 bits per heavy atom. The van der Waals surface area contributed by atoms with Gasteiger partial charge in [-0.1, -0.05) is 0 Å². The monoisotopic (exact) mass is 398 g/mol. The maximum absolute atomic E-state index is 12.6. The molecule has 0 saturated carbocycles. The molecule has 2 aromatic carbocycles. The molecule has 2 aromatic rings. The van der Waals surface area contributed by atoms with Crippen molar-refractivity contribution in [2.24, 2.45) is 0 Å². The zero-order chi connectivity index (χ0) is 20.8. The Balaban J connectivity index is 1.66. The number of hydrogen-bond donors (Lipinski definition) is 3. The summed E-state index contributed by atoms with van der Waals surface area (Å²) in [7, 11) is 4.88. The Morgan fingerprint density at radius 3 is 2.52 bits per heavy atom.